The van der Waals surface area contributed by atoms with Crippen LogP contribution in [0.1, 0.15) is 22.3 Å². The average Bonchev–Trinajstić information content (AvgIpc) is 3.09. The summed E-state index contributed by atoms with van der Waals surface area (Å²) in [6.07, 6.45) is 1.85. The number of hydrogen-bond donors (Lipinski definition) is 1. The van der Waals surface area contributed by atoms with Gasteiger partial charge in [-0.05, 0) is 60.5 Å². The molecule has 1 aliphatic rings. The minimum absolute atomic E-state index is 0.151. The minimum Gasteiger partial charge on any atom is -0.488 e. The Bertz CT molecular complexity index is 1140. The Morgan fingerprint density at radius 1 is 1.00 bits per heavy atom. The molecule has 5 heteroatoms. The van der Waals surface area contributed by atoms with Crippen molar-refractivity contribution >= 4 is 34.6 Å². The SMILES string of the molecule is Cc1ccc(C)c(N=C2NC(=O)C(=Cc3ccccc3OCc3ccccc3)S2)c1. The van der Waals surface area contributed by atoms with Crippen molar-refractivity contribution in [2.75, 3.05) is 0 Å². The second-order valence-corrected chi connectivity index (χ2v) is 8.11. The molecule has 4 rings (SSSR count). The van der Waals surface area contributed by atoms with E-state index in [-0.39, 0.29) is 5.91 Å². The van der Waals surface area contributed by atoms with Gasteiger partial charge in [-0.2, -0.15) is 0 Å². The fraction of sp³-hybridized carbons (Fsp3) is 0.120. The molecule has 1 fully saturated rings. The zero-order valence-corrected chi connectivity index (χ0v) is 17.7. The zero-order chi connectivity index (χ0) is 20.9. The lowest BCUT2D eigenvalue weighted by Crippen LogP contribution is -2.19. The lowest BCUT2D eigenvalue weighted by Gasteiger charge is -2.09. The van der Waals surface area contributed by atoms with Crippen LogP contribution in [0, 0.1) is 13.8 Å². The first-order valence-electron chi connectivity index (χ1n) is 9.71. The van der Waals surface area contributed by atoms with E-state index in [9.17, 15) is 4.79 Å². The molecule has 3 aromatic carbocycles. The molecule has 0 radical (unpaired) electrons. The number of para-hydroxylation sites is 1. The number of carbonyl (C=O) groups excluding carboxylic acids is 1. The Morgan fingerprint density at radius 2 is 1.77 bits per heavy atom. The molecular formula is C25H22N2O2S. The molecule has 1 saturated heterocycles. The van der Waals surface area contributed by atoms with Crippen LogP contribution in [0.4, 0.5) is 5.69 Å². The largest absolute Gasteiger partial charge is 0.488 e. The fourth-order valence-electron chi connectivity index (χ4n) is 3.04. The number of nitrogens with one attached hydrogen (secondary N) is 1. The monoisotopic (exact) mass is 414 g/mol. The van der Waals surface area contributed by atoms with E-state index in [0.29, 0.717) is 16.7 Å². The summed E-state index contributed by atoms with van der Waals surface area (Å²) < 4.78 is 6.00. The van der Waals surface area contributed by atoms with Crippen LogP contribution in [0.25, 0.3) is 6.08 Å². The summed E-state index contributed by atoms with van der Waals surface area (Å²) in [7, 11) is 0. The van der Waals surface area contributed by atoms with Crippen LogP contribution in [0.3, 0.4) is 0 Å². The van der Waals surface area contributed by atoms with Crippen LogP contribution in [-0.4, -0.2) is 11.1 Å². The van der Waals surface area contributed by atoms with Crippen molar-refractivity contribution in [1.29, 1.82) is 0 Å². The molecule has 0 aliphatic carbocycles. The van der Waals surface area contributed by atoms with Gasteiger partial charge in [-0.25, -0.2) is 4.99 Å². The second-order valence-electron chi connectivity index (χ2n) is 7.08. The van der Waals surface area contributed by atoms with E-state index in [1.54, 1.807) is 0 Å². The van der Waals surface area contributed by atoms with Crippen molar-refractivity contribution < 1.29 is 9.53 Å². The number of thioether (sulfide) groups is 1. The third-order valence-electron chi connectivity index (χ3n) is 4.68. The summed E-state index contributed by atoms with van der Waals surface area (Å²) in [4.78, 5) is 17.7. The van der Waals surface area contributed by atoms with E-state index in [1.165, 1.54) is 11.8 Å². The van der Waals surface area contributed by atoms with Crippen LogP contribution in [0.5, 0.6) is 5.75 Å². The van der Waals surface area contributed by atoms with Crippen molar-refractivity contribution in [3.05, 3.63) is 100.0 Å². The first-order chi connectivity index (χ1) is 14.6. The molecule has 0 unspecified atom stereocenters. The number of benzene rings is 3. The van der Waals surface area contributed by atoms with Gasteiger partial charge < -0.3 is 10.1 Å². The zero-order valence-electron chi connectivity index (χ0n) is 16.9. The number of rotatable bonds is 5. The Hall–Kier alpha value is -3.31. The van der Waals surface area contributed by atoms with Crippen molar-refractivity contribution in [2.45, 2.75) is 20.5 Å². The second kappa shape index (κ2) is 9.01. The molecule has 1 heterocycles. The molecular weight excluding hydrogens is 392 g/mol. The molecule has 30 heavy (non-hydrogen) atoms. The lowest BCUT2D eigenvalue weighted by molar-refractivity contribution is -0.115. The molecule has 0 spiro atoms. The van der Waals surface area contributed by atoms with E-state index in [2.05, 4.69) is 16.4 Å². The highest BCUT2D eigenvalue weighted by Crippen LogP contribution is 2.31. The fourth-order valence-corrected chi connectivity index (χ4v) is 3.86. The Morgan fingerprint density at radius 3 is 2.60 bits per heavy atom. The number of carbonyl (C=O) groups is 1. The molecule has 0 atom stereocenters. The van der Waals surface area contributed by atoms with Crippen molar-refractivity contribution in [2.24, 2.45) is 4.99 Å². The summed E-state index contributed by atoms with van der Waals surface area (Å²) in [5.74, 6) is 0.587. The van der Waals surface area contributed by atoms with Crippen LogP contribution >= 0.6 is 11.8 Å². The topological polar surface area (TPSA) is 50.7 Å². The first kappa shape index (κ1) is 20.0. The van der Waals surface area contributed by atoms with Gasteiger partial charge in [0.15, 0.2) is 5.17 Å². The van der Waals surface area contributed by atoms with Crippen molar-refractivity contribution in [3.63, 3.8) is 0 Å². The van der Waals surface area contributed by atoms with E-state index < -0.39 is 0 Å². The molecule has 0 aromatic heterocycles. The summed E-state index contributed by atoms with van der Waals surface area (Å²) in [6.45, 7) is 4.51. The van der Waals surface area contributed by atoms with E-state index in [1.807, 2.05) is 86.7 Å². The number of amides is 1. The minimum atomic E-state index is -0.151. The molecule has 150 valence electrons. The summed E-state index contributed by atoms with van der Waals surface area (Å²) >= 11 is 1.34. The maximum atomic E-state index is 12.5. The van der Waals surface area contributed by atoms with E-state index in [0.717, 1.165) is 33.7 Å². The van der Waals surface area contributed by atoms with E-state index in [4.69, 9.17) is 4.74 Å². The number of ether oxygens (including phenoxy) is 1. The van der Waals surface area contributed by atoms with Gasteiger partial charge in [-0.15, -0.1) is 0 Å². The Kier molecular flexibility index (Phi) is 6.00. The molecule has 1 amide bonds. The molecule has 0 bridgehead atoms. The van der Waals surface area contributed by atoms with Crippen LogP contribution in [-0.2, 0) is 11.4 Å². The molecule has 4 nitrogen and oxygen atoms in total. The Balaban J connectivity index is 1.54. The van der Waals surface area contributed by atoms with Gasteiger partial charge in [0.1, 0.15) is 12.4 Å². The van der Waals surface area contributed by atoms with Crippen LogP contribution < -0.4 is 10.1 Å². The van der Waals surface area contributed by atoms with Crippen LogP contribution in [0.2, 0.25) is 0 Å². The molecule has 3 aromatic rings. The van der Waals surface area contributed by atoms with Gasteiger partial charge in [0.2, 0.25) is 0 Å². The first-order valence-corrected chi connectivity index (χ1v) is 10.5. The van der Waals surface area contributed by atoms with Crippen LogP contribution in [0.15, 0.2) is 82.7 Å². The average molecular weight is 415 g/mol. The smallest absolute Gasteiger partial charge is 0.264 e. The van der Waals surface area contributed by atoms with Gasteiger partial charge in [0.25, 0.3) is 5.91 Å². The maximum Gasteiger partial charge on any atom is 0.264 e. The van der Waals surface area contributed by atoms with Crippen molar-refractivity contribution in [1.82, 2.24) is 5.32 Å². The number of aliphatic imine (C=N–C) groups is 1. The number of nitrogens with zero attached hydrogens (tertiary/aromatic N) is 1. The highest BCUT2D eigenvalue weighted by Gasteiger charge is 2.24. The van der Waals surface area contributed by atoms with Gasteiger partial charge >= 0.3 is 0 Å². The summed E-state index contributed by atoms with van der Waals surface area (Å²) in [5, 5.41) is 3.45. The van der Waals surface area contributed by atoms with Gasteiger partial charge in [0, 0.05) is 5.56 Å². The summed E-state index contributed by atoms with van der Waals surface area (Å²) in [5.41, 5.74) is 5.02. The number of hydrogen-bond acceptors (Lipinski definition) is 4. The molecule has 1 aliphatic heterocycles. The predicted octanol–water partition coefficient (Wildman–Crippen LogP) is 5.77. The molecule has 1 N–H and O–H groups in total. The van der Waals surface area contributed by atoms with Gasteiger partial charge in [-0.3, -0.25) is 4.79 Å². The quantitative estimate of drug-likeness (QED) is 0.539. The number of aryl methyl sites for hydroxylation is 2. The number of amidine groups is 1. The Labute approximate surface area is 180 Å². The van der Waals surface area contributed by atoms with Gasteiger partial charge in [0.05, 0.1) is 10.6 Å². The van der Waals surface area contributed by atoms with Gasteiger partial charge in [-0.1, -0.05) is 60.7 Å². The normalized spacial score (nSPS) is 16.1. The molecule has 0 saturated carbocycles. The van der Waals surface area contributed by atoms with Crippen molar-refractivity contribution in [3.8, 4) is 5.75 Å². The highest BCUT2D eigenvalue weighted by atomic mass is 32.2. The summed E-state index contributed by atoms with van der Waals surface area (Å²) in [6, 6.07) is 23.8. The van der Waals surface area contributed by atoms with E-state index >= 15 is 0 Å². The third kappa shape index (κ3) is 4.81. The highest BCUT2D eigenvalue weighted by molar-refractivity contribution is 8.18. The maximum absolute atomic E-state index is 12.5. The third-order valence-corrected chi connectivity index (χ3v) is 5.59. The standard InChI is InChI=1S/C25H22N2O2S/c1-17-12-13-18(2)21(14-17)26-25-27-24(28)23(30-25)15-20-10-6-7-11-22(20)29-16-19-8-4-3-5-9-19/h3-15H,16H2,1-2H3,(H,26,27,28). The lowest BCUT2D eigenvalue weighted by atomic mass is 10.1. The predicted molar refractivity (Wildman–Crippen MR) is 124 cm³/mol.